The fourth-order valence-electron chi connectivity index (χ4n) is 1.84. The van der Waals surface area contributed by atoms with Crippen molar-refractivity contribution >= 4 is 27.8 Å². The summed E-state index contributed by atoms with van der Waals surface area (Å²) in [7, 11) is 1.78. The highest BCUT2D eigenvalue weighted by molar-refractivity contribution is 5.96. The summed E-state index contributed by atoms with van der Waals surface area (Å²) in [5.41, 5.74) is 7.18. The number of halogens is 1. The zero-order valence-corrected chi connectivity index (χ0v) is 8.61. The van der Waals surface area contributed by atoms with Gasteiger partial charge in [0.05, 0.1) is 10.9 Å². The number of hydrogen-bond acceptors (Lipinski definition) is 3. The van der Waals surface area contributed by atoms with Crippen molar-refractivity contribution in [2.24, 2.45) is 7.05 Å². The van der Waals surface area contributed by atoms with Crippen LogP contribution in [0.15, 0.2) is 24.3 Å². The number of fused-ring (bicyclic) bond motifs is 2. The molecule has 0 fully saturated rings. The Labute approximate surface area is 90.5 Å². The van der Waals surface area contributed by atoms with Crippen molar-refractivity contribution in [3.05, 3.63) is 30.1 Å². The monoisotopic (exact) mass is 216 g/mol. The molecule has 0 bridgehead atoms. The van der Waals surface area contributed by atoms with Crippen molar-refractivity contribution in [2.45, 2.75) is 0 Å². The van der Waals surface area contributed by atoms with Crippen molar-refractivity contribution in [1.82, 2.24) is 14.8 Å². The molecular formula is C11H9FN4. The number of benzene rings is 1. The summed E-state index contributed by atoms with van der Waals surface area (Å²) in [4.78, 5) is 4.39. The molecule has 80 valence electrons. The van der Waals surface area contributed by atoms with Crippen molar-refractivity contribution in [2.75, 3.05) is 5.73 Å². The van der Waals surface area contributed by atoms with E-state index in [1.54, 1.807) is 17.8 Å². The van der Waals surface area contributed by atoms with Crippen molar-refractivity contribution in [1.29, 1.82) is 0 Å². The van der Waals surface area contributed by atoms with Crippen LogP contribution in [-0.4, -0.2) is 14.8 Å². The van der Waals surface area contributed by atoms with Crippen LogP contribution in [-0.2, 0) is 7.05 Å². The topological polar surface area (TPSA) is 56.7 Å². The van der Waals surface area contributed by atoms with E-state index in [-0.39, 0.29) is 5.82 Å². The highest BCUT2D eigenvalue weighted by Crippen LogP contribution is 2.23. The zero-order chi connectivity index (χ0) is 11.3. The van der Waals surface area contributed by atoms with Gasteiger partial charge in [-0.2, -0.15) is 5.10 Å². The zero-order valence-electron chi connectivity index (χ0n) is 8.61. The van der Waals surface area contributed by atoms with Crippen LogP contribution in [0.1, 0.15) is 0 Å². The molecule has 4 nitrogen and oxygen atoms in total. The van der Waals surface area contributed by atoms with Gasteiger partial charge in [-0.05, 0) is 24.3 Å². The Hall–Kier alpha value is -2.17. The van der Waals surface area contributed by atoms with Gasteiger partial charge in [0, 0.05) is 12.4 Å². The van der Waals surface area contributed by atoms with E-state index in [1.807, 2.05) is 6.07 Å². The Morgan fingerprint density at radius 3 is 2.94 bits per heavy atom. The quantitative estimate of drug-likeness (QED) is 0.623. The Kier molecular flexibility index (Phi) is 1.65. The SMILES string of the molecule is Cn1nc(N)c2cc3cc(F)ccc3nc21. The highest BCUT2D eigenvalue weighted by atomic mass is 19.1. The molecule has 3 aromatic rings. The van der Waals surface area contributed by atoms with Crippen molar-refractivity contribution in [3.8, 4) is 0 Å². The second-order valence-electron chi connectivity index (χ2n) is 3.71. The summed E-state index contributed by atoms with van der Waals surface area (Å²) >= 11 is 0. The molecule has 0 spiro atoms. The molecule has 2 N–H and O–H groups in total. The smallest absolute Gasteiger partial charge is 0.160 e. The molecule has 0 radical (unpaired) electrons. The summed E-state index contributed by atoms with van der Waals surface area (Å²) in [5.74, 6) is 0.132. The van der Waals surface area contributed by atoms with Crippen LogP contribution in [0.25, 0.3) is 21.9 Å². The Balaban J connectivity index is 2.51. The number of nitrogen functional groups attached to an aromatic ring is 1. The molecule has 0 saturated heterocycles. The van der Waals surface area contributed by atoms with Crippen LogP contribution in [0, 0.1) is 5.82 Å². The minimum absolute atomic E-state index is 0.281. The molecule has 3 rings (SSSR count). The molecule has 0 aliphatic heterocycles. The summed E-state index contributed by atoms with van der Waals surface area (Å²) in [6, 6.07) is 6.28. The summed E-state index contributed by atoms with van der Waals surface area (Å²) in [6.07, 6.45) is 0. The van der Waals surface area contributed by atoms with Crippen LogP contribution in [0.5, 0.6) is 0 Å². The van der Waals surface area contributed by atoms with Crippen molar-refractivity contribution < 1.29 is 4.39 Å². The van der Waals surface area contributed by atoms with Gasteiger partial charge in [-0.3, -0.25) is 0 Å². The Bertz CT molecular complexity index is 702. The van der Waals surface area contributed by atoms with E-state index in [4.69, 9.17) is 5.73 Å². The molecule has 0 saturated carbocycles. The predicted molar refractivity (Wildman–Crippen MR) is 60.4 cm³/mol. The standard InChI is InChI=1S/C11H9FN4/c1-16-11-8(10(13)15-16)5-6-4-7(12)2-3-9(6)14-11/h2-5H,1H3,(H2,13,15). The number of rotatable bonds is 0. The average molecular weight is 216 g/mol. The van der Waals surface area contributed by atoms with E-state index in [9.17, 15) is 4.39 Å². The number of hydrogen-bond donors (Lipinski definition) is 1. The number of nitrogens with zero attached hydrogens (tertiary/aromatic N) is 3. The Morgan fingerprint density at radius 2 is 2.12 bits per heavy atom. The van der Waals surface area contributed by atoms with E-state index in [2.05, 4.69) is 10.1 Å². The molecule has 2 aromatic heterocycles. The first kappa shape index (κ1) is 9.08. The second-order valence-corrected chi connectivity index (χ2v) is 3.71. The molecule has 0 aliphatic carbocycles. The van der Waals surface area contributed by atoms with Crippen LogP contribution in [0.2, 0.25) is 0 Å². The van der Waals surface area contributed by atoms with Gasteiger partial charge in [-0.1, -0.05) is 0 Å². The van der Waals surface area contributed by atoms with E-state index in [0.29, 0.717) is 11.5 Å². The van der Waals surface area contributed by atoms with Gasteiger partial charge < -0.3 is 5.73 Å². The third-order valence-corrected chi connectivity index (χ3v) is 2.60. The van der Waals surface area contributed by atoms with Crippen LogP contribution in [0.3, 0.4) is 0 Å². The first-order valence-electron chi connectivity index (χ1n) is 4.83. The molecule has 5 heteroatoms. The molecule has 1 aromatic carbocycles. The minimum atomic E-state index is -0.281. The molecule has 2 heterocycles. The lowest BCUT2D eigenvalue weighted by Crippen LogP contribution is -1.93. The summed E-state index contributed by atoms with van der Waals surface area (Å²) < 4.78 is 14.7. The lowest BCUT2D eigenvalue weighted by atomic mass is 10.2. The number of pyridine rings is 1. The molecule has 0 amide bonds. The van der Waals surface area contributed by atoms with E-state index in [0.717, 1.165) is 16.3 Å². The number of anilines is 1. The van der Waals surface area contributed by atoms with Gasteiger partial charge >= 0.3 is 0 Å². The fraction of sp³-hybridized carbons (Fsp3) is 0.0909. The maximum Gasteiger partial charge on any atom is 0.160 e. The maximum absolute atomic E-state index is 13.1. The van der Waals surface area contributed by atoms with E-state index >= 15 is 0 Å². The van der Waals surface area contributed by atoms with Gasteiger partial charge in [0.2, 0.25) is 0 Å². The van der Waals surface area contributed by atoms with Crippen LogP contribution < -0.4 is 5.73 Å². The van der Waals surface area contributed by atoms with Crippen molar-refractivity contribution in [3.63, 3.8) is 0 Å². The van der Waals surface area contributed by atoms with Gasteiger partial charge in [-0.15, -0.1) is 0 Å². The summed E-state index contributed by atoms with van der Waals surface area (Å²) in [6.45, 7) is 0. The molecule has 0 atom stereocenters. The molecule has 0 unspecified atom stereocenters. The molecule has 16 heavy (non-hydrogen) atoms. The Morgan fingerprint density at radius 1 is 1.31 bits per heavy atom. The molecular weight excluding hydrogens is 207 g/mol. The van der Waals surface area contributed by atoms with E-state index < -0.39 is 0 Å². The second kappa shape index (κ2) is 2.91. The fourth-order valence-corrected chi connectivity index (χ4v) is 1.84. The normalized spacial score (nSPS) is 11.4. The molecule has 0 aliphatic rings. The van der Waals surface area contributed by atoms with E-state index in [1.165, 1.54) is 12.1 Å². The third kappa shape index (κ3) is 1.14. The van der Waals surface area contributed by atoms with Crippen LogP contribution in [0.4, 0.5) is 10.2 Å². The van der Waals surface area contributed by atoms with Gasteiger partial charge in [0.1, 0.15) is 5.82 Å². The number of aromatic nitrogens is 3. The first-order chi connectivity index (χ1) is 7.65. The predicted octanol–water partition coefficient (Wildman–Crippen LogP) is 1.84. The highest BCUT2D eigenvalue weighted by Gasteiger charge is 2.08. The van der Waals surface area contributed by atoms with Gasteiger partial charge in [0.15, 0.2) is 11.5 Å². The lowest BCUT2D eigenvalue weighted by Gasteiger charge is -1.98. The largest absolute Gasteiger partial charge is 0.382 e. The van der Waals surface area contributed by atoms with Crippen LogP contribution >= 0.6 is 0 Å². The lowest BCUT2D eigenvalue weighted by molar-refractivity contribution is 0.629. The average Bonchev–Trinajstić information content (AvgIpc) is 2.52. The minimum Gasteiger partial charge on any atom is -0.382 e. The first-order valence-corrected chi connectivity index (χ1v) is 4.83. The maximum atomic E-state index is 13.1. The van der Waals surface area contributed by atoms with Gasteiger partial charge in [-0.25, -0.2) is 14.1 Å². The third-order valence-electron chi connectivity index (χ3n) is 2.60. The summed E-state index contributed by atoms with van der Waals surface area (Å²) in [5, 5.41) is 5.55. The number of aryl methyl sites for hydroxylation is 1. The number of nitrogens with two attached hydrogens (primary N) is 1. The van der Waals surface area contributed by atoms with Gasteiger partial charge in [0.25, 0.3) is 0 Å².